The number of carbonyl (C=O) groups excluding carboxylic acids is 1. The number of anilines is 1. The van der Waals surface area contributed by atoms with Gasteiger partial charge in [-0.2, -0.15) is 0 Å². The fourth-order valence-electron chi connectivity index (χ4n) is 2.43. The summed E-state index contributed by atoms with van der Waals surface area (Å²) < 4.78 is 16.0. The van der Waals surface area contributed by atoms with Crippen LogP contribution in [0, 0.1) is 6.92 Å². The third-order valence-corrected chi connectivity index (χ3v) is 4.86. The van der Waals surface area contributed by atoms with Crippen molar-refractivity contribution in [1.29, 1.82) is 0 Å². The van der Waals surface area contributed by atoms with Crippen LogP contribution in [-0.2, 0) is 4.79 Å². The molecule has 0 fully saturated rings. The summed E-state index contributed by atoms with van der Waals surface area (Å²) >= 11 is 7.26. The van der Waals surface area contributed by atoms with E-state index in [1.807, 2.05) is 31.2 Å². The van der Waals surface area contributed by atoms with E-state index < -0.39 is 0 Å². The normalized spacial score (nSPS) is 10.6. The summed E-state index contributed by atoms with van der Waals surface area (Å²) in [7, 11) is 3.00. The van der Waals surface area contributed by atoms with Crippen LogP contribution in [-0.4, -0.2) is 36.1 Å². The summed E-state index contributed by atoms with van der Waals surface area (Å²) in [5.74, 6) is 1.14. The summed E-state index contributed by atoms with van der Waals surface area (Å²) in [4.78, 5) is 12.3. The minimum Gasteiger partial charge on any atom is -0.495 e. The first-order valence-electron chi connectivity index (χ1n) is 8.25. The number of nitrogens with zero attached hydrogens (tertiary/aromatic N) is 2. The van der Waals surface area contributed by atoms with Crippen LogP contribution < -0.4 is 14.8 Å². The van der Waals surface area contributed by atoms with Gasteiger partial charge >= 0.3 is 0 Å². The van der Waals surface area contributed by atoms with Crippen LogP contribution in [0.15, 0.2) is 46.0 Å². The molecule has 28 heavy (non-hydrogen) atoms. The number of aromatic nitrogens is 2. The summed E-state index contributed by atoms with van der Waals surface area (Å²) in [5, 5.41) is 11.4. The number of aryl methyl sites for hydroxylation is 1. The van der Waals surface area contributed by atoms with Gasteiger partial charge in [-0.15, -0.1) is 10.2 Å². The fourth-order valence-corrected chi connectivity index (χ4v) is 3.24. The molecule has 2 aromatic carbocycles. The van der Waals surface area contributed by atoms with Gasteiger partial charge < -0.3 is 19.2 Å². The van der Waals surface area contributed by atoms with Crippen molar-refractivity contribution in [1.82, 2.24) is 10.2 Å². The van der Waals surface area contributed by atoms with Crippen LogP contribution in [0.2, 0.25) is 5.02 Å². The molecule has 1 amide bonds. The van der Waals surface area contributed by atoms with Crippen molar-refractivity contribution < 1.29 is 18.7 Å². The molecule has 0 aliphatic rings. The molecule has 9 heteroatoms. The number of benzene rings is 2. The topological polar surface area (TPSA) is 86.5 Å². The van der Waals surface area contributed by atoms with Gasteiger partial charge in [-0.25, -0.2) is 0 Å². The molecule has 146 valence electrons. The summed E-state index contributed by atoms with van der Waals surface area (Å²) in [6.07, 6.45) is 0. The van der Waals surface area contributed by atoms with Gasteiger partial charge in [0, 0.05) is 11.6 Å². The van der Waals surface area contributed by atoms with Crippen LogP contribution in [0.4, 0.5) is 5.69 Å². The molecule has 3 rings (SSSR count). The van der Waals surface area contributed by atoms with Crippen molar-refractivity contribution in [2.45, 2.75) is 12.1 Å². The zero-order chi connectivity index (χ0) is 20.1. The van der Waals surface area contributed by atoms with E-state index >= 15 is 0 Å². The molecule has 0 saturated carbocycles. The monoisotopic (exact) mass is 419 g/mol. The summed E-state index contributed by atoms with van der Waals surface area (Å²) in [6.45, 7) is 1.99. The van der Waals surface area contributed by atoms with E-state index in [4.69, 9.17) is 25.5 Å². The van der Waals surface area contributed by atoms with E-state index in [1.54, 1.807) is 12.1 Å². The Bertz CT molecular complexity index is 993. The molecule has 1 heterocycles. The van der Waals surface area contributed by atoms with Crippen molar-refractivity contribution in [3.63, 3.8) is 0 Å². The molecular weight excluding hydrogens is 402 g/mol. The number of nitrogens with one attached hydrogen (secondary N) is 1. The molecule has 0 spiro atoms. The molecule has 7 nitrogen and oxygen atoms in total. The van der Waals surface area contributed by atoms with Gasteiger partial charge in [0.05, 0.1) is 30.7 Å². The Morgan fingerprint density at radius 3 is 2.68 bits per heavy atom. The van der Waals surface area contributed by atoms with Gasteiger partial charge in [-0.05, 0) is 25.1 Å². The van der Waals surface area contributed by atoms with Gasteiger partial charge in [-0.1, -0.05) is 41.1 Å². The zero-order valence-corrected chi connectivity index (χ0v) is 17.1. The Morgan fingerprint density at radius 1 is 1.18 bits per heavy atom. The van der Waals surface area contributed by atoms with E-state index in [0.29, 0.717) is 33.3 Å². The predicted molar refractivity (Wildman–Crippen MR) is 108 cm³/mol. The fraction of sp³-hybridized carbons (Fsp3) is 0.211. The first-order chi connectivity index (χ1) is 13.5. The highest BCUT2D eigenvalue weighted by atomic mass is 35.5. The van der Waals surface area contributed by atoms with Crippen LogP contribution in [0.3, 0.4) is 0 Å². The Hall–Kier alpha value is -2.71. The number of thioether (sulfide) groups is 1. The average molecular weight is 420 g/mol. The van der Waals surface area contributed by atoms with Gasteiger partial charge in [0.15, 0.2) is 0 Å². The Balaban J connectivity index is 1.63. The van der Waals surface area contributed by atoms with Crippen molar-refractivity contribution in [2.24, 2.45) is 0 Å². The van der Waals surface area contributed by atoms with Gasteiger partial charge in [0.1, 0.15) is 11.5 Å². The van der Waals surface area contributed by atoms with E-state index in [2.05, 4.69) is 15.5 Å². The lowest BCUT2D eigenvalue weighted by molar-refractivity contribution is -0.113. The standard InChI is InChI=1S/C19H18ClN3O4S/c1-11-5-4-6-12(7-11)18-22-23-19(27-18)28-10-17(24)21-14-8-13(20)15(25-2)9-16(14)26-3/h4-9H,10H2,1-3H3,(H,21,24). The molecule has 1 N–H and O–H groups in total. The highest BCUT2D eigenvalue weighted by Crippen LogP contribution is 2.36. The smallest absolute Gasteiger partial charge is 0.277 e. The highest BCUT2D eigenvalue weighted by molar-refractivity contribution is 7.99. The molecule has 0 atom stereocenters. The quantitative estimate of drug-likeness (QED) is 0.566. The molecule has 0 aliphatic carbocycles. The Labute approximate surface area is 171 Å². The first-order valence-corrected chi connectivity index (χ1v) is 9.61. The number of ether oxygens (including phenoxy) is 2. The number of halogens is 1. The van der Waals surface area contributed by atoms with Crippen molar-refractivity contribution in [3.05, 3.63) is 47.0 Å². The lowest BCUT2D eigenvalue weighted by Gasteiger charge is -2.12. The maximum atomic E-state index is 12.3. The number of hydrogen-bond acceptors (Lipinski definition) is 7. The number of amides is 1. The summed E-state index contributed by atoms with van der Waals surface area (Å²) in [5.41, 5.74) is 2.38. The molecule has 1 aromatic heterocycles. The Kier molecular flexibility index (Phi) is 6.43. The maximum Gasteiger partial charge on any atom is 0.277 e. The van der Waals surface area contributed by atoms with Gasteiger partial charge in [0.25, 0.3) is 5.22 Å². The van der Waals surface area contributed by atoms with Gasteiger partial charge in [0.2, 0.25) is 11.8 Å². The SMILES string of the molecule is COc1cc(OC)c(NC(=O)CSc2nnc(-c3cccc(C)c3)o2)cc1Cl. The second-order valence-corrected chi connectivity index (χ2v) is 7.10. The maximum absolute atomic E-state index is 12.3. The zero-order valence-electron chi connectivity index (χ0n) is 15.5. The van der Waals surface area contributed by atoms with Crippen molar-refractivity contribution in [3.8, 4) is 23.0 Å². The molecule has 3 aromatic rings. The molecule has 0 aliphatic heterocycles. The molecule has 0 saturated heterocycles. The Morgan fingerprint density at radius 2 is 1.96 bits per heavy atom. The second kappa shape index (κ2) is 8.99. The number of hydrogen-bond donors (Lipinski definition) is 1. The second-order valence-electron chi connectivity index (χ2n) is 5.77. The van der Waals surface area contributed by atoms with E-state index in [-0.39, 0.29) is 11.7 Å². The average Bonchev–Trinajstić information content (AvgIpc) is 3.16. The molecular formula is C19H18ClN3O4S. The molecule has 0 unspecified atom stereocenters. The highest BCUT2D eigenvalue weighted by Gasteiger charge is 2.15. The number of methoxy groups -OCH3 is 2. The van der Waals surface area contributed by atoms with Crippen LogP contribution in [0.1, 0.15) is 5.56 Å². The van der Waals surface area contributed by atoms with E-state index in [9.17, 15) is 4.79 Å². The predicted octanol–water partition coefficient (Wildman–Crippen LogP) is 4.45. The minimum atomic E-state index is -0.264. The minimum absolute atomic E-state index is 0.0856. The molecule has 0 bridgehead atoms. The third-order valence-electron chi connectivity index (χ3n) is 3.75. The van der Waals surface area contributed by atoms with Crippen molar-refractivity contribution >= 4 is 35.0 Å². The lowest BCUT2D eigenvalue weighted by atomic mass is 10.1. The number of carbonyl (C=O) groups is 1. The largest absolute Gasteiger partial charge is 0.495 e. The third kappa shape index (κ3) is 4.76. The van der Waals surface area contributed by atoms with E-state index in [1.165, 1.54) is 14.2 Å². The first kappa shape index (κ1) is 20.0. The van der Waals surface area contributed by atoms with Crippen LogP contribution in [0.5, 0.6) is 11.5 Å². The summed E-state index contributed by atoms with van der Waals surface area (Å²) in [6, 6.07) is 10.9. The van der Waals surface area contributed by atoms with Crippen molar-refractivity contribution in [2.75, 3.05) is 25.3 Å². The van der Waals surface area contributed by atoms with Crippen LogP contribution in [0.25, 0.3) is 11.5 Å². The molecule has 0 radical (unpaired) electrons. The van der Waals surface area contributed by atoms with E-state index in [0.717, 1.165) is 22.9 Å². The van der Waals surface area contributed by atoms with Crippen LogP contribution >= 0.6 is 23.4 Å². The lowest BCUT2D eigenvalue weighted by Crippen LogP contribution is -2.14. The van der Waals surface area contributed by atoms with Gasteiger partial charge in [-0.3, -0.25) is 4.79 Å². The number of rotatable bonds is 7.